The topological polar surface area (TPSA) is 17.1 Å². The number of halogens is 3. The Bertz CT molecular complexity index is 599. The normalized spacial score (nSPS) is 10.5. The summed E-state index contributed by atoms with van der Waals surface area (Å²) in [6.07, 6.45) is 0. The Hall–Kier alpha value is -1.20. The van der Waals surface area contributed by atoms with Crippen LogP contribution in [0.1, 0.15) is 10.4 Å². The molecule has 98 valence electrons. The lowest BCUT2D eigenvalue weighted by Crippen LogP contribution is -2.05. The first-order valence-electron chi connectivity index (χ1n) is 5.43. The molecule has 0 unspecified atom stereocenters. The number of thioether (sulfide) groups is 1. The highest BCUT2D eigenvalue weighted by atomic mass is 79.9. The van der Waals surface area contributed by atoms with Gasteiger partial charge in [-0.3, -0.25) is 4.79 Å². The molecule has 0 aliphatic rings. The van der Waals surface area contributed by atoms with E-state index in [0.717, 1.165) is 4.90 Å². The summed E-state index contributed by atoms with van der Waals surface area (Å²) in [6.45, 7) is 0. The predicted octanol–water partition coefficient (Wildman–Crippen LogP) is 4.70. The minimum Gasteiger partial charge on any atom is -0.293 e. The molecule has 0 saturated carbocycles. The van der Waals surface area contributed by atoms with Crippen LogP contribution >= 0.6 is 27.7 Å². The Kier molecular flexibility index (Phi) is 4.71. The second kappa shape index (κ2) is 6.30. The summed E-state index contributed by atoms with van der Waals surface area (Å²) in [7, 11) is 0. The summed E-state index contributed by atoms with van der Waals surface area (Å²) in [5, 5.41) is 0. The maximum Gasteiger partial charge on any atom is 0.176 e. The van der Waals surface area contributed by atoms with Gasteiger partial charge in [-0.05, 0) is 42.5 Å². The molecule has 0 radical (unpaired) electrons. The third-order valence-electron chi connectivity index (χ3n) is 2.41. The van der Waals surface area contributed by atoms with Crippen LogP contribution in [0.2, 0.25) is 0 Å². The van der Waals surface area contributed by atoms with E-state index in [0.29, 0.717) is 4.47 Å². The number of hydrogen-bond acceptors (Lipinski definition) is 2. The van der Waals surface area contributed by atoms with Crippen LogP contribution < -0.4 is 0 Å². The average Bonchev–Trinajstić information content (AvgIpc) is 2.40. The molecule has 0 saturated heterocycles. The van der Waals surface area contributed by atoms with Crippen molar-refractivity contribution in [3.05, 3.63) is 64.1 Å². The lowest BCUT2D eigenvalue weighted by molar-refractivity contribution is 0.101. The van der Waals surface area contributed by atoms with E-state index in [2.05, 4.69) is 15.9 Å². The molecule has 2 aromatic carbocycles. The minimum absolute atomic E-state index is 0.0592. The fourth-order valence-corrected chi connectivity index (χ4v) is 2.61. The maximum absolute atomic E-state index is 13.5. The molecule has 0 amide bonds. The van der Waals surface area contributed by atoms with E-state index in [9.17, 15) is 13.6 Å². The first-order chi connectivity index (χ1) is 9.06. The average molecular weight is 343 g/mol. The van der Waals surface area contributed by atoms with Crippen molar-refractivity contribution in [2.75, 3.05) is 5.75 Å². The van der Waals surface area contributed by atoms with E-state index in [-0.39, 0.29) is 22.9 Å². The zero-order chi connectivity index (χ0) is 13.8. The van der Waals surface area contributed by atoms with Gasteiger partial charge in [0.1, 0.15) is 11.6 Å². The van der Waals surface area contributed by atoms with E-state index < -0.39 is 5.82 Å². The van der Waals surface area contributed by atoms with Crippen LogP contribution in [-0.2, 0) is 0 Å². The van der Waals surface area contributed by atoms with Crippen LogP contribution in [0.5, 0.6) is 0 Å². The third-order valence-corrected chi connectivity index (χ3v) is 3.92. The molecule has 19 heavy (non-hydrogen) atoms. The number of carbonyl (C=O) groups excluding carboxylic acids is 1. The Labute approximate surface area is 122 Å². The molecule has 0 spiro atoms. The van der Waals surface area contributed by atoms with Crippen molar-refractivity contribution in [3.63, 3.8) is 0 Å². The van der Waals surface area contributed by atoms with E-state index in [1.807, 2.05) is 0 Å². The van der Waals surface area contributed by atoms with Crippen LogP contribution in [0, 0.1) is 11.6 Å². The van der Waals surface area contributed by atoms with Crippen molar-refractivity contribution in [1.82, 2.24) is 0 Å². The minimum atomic E-state index is -0.534. The molecule has 0 aliphatic heterocycles. The molecule has 0 N–H and O–H groups in total. The lowest BCUT2D eigenvalue weighted by atomic mass is 10.1. The Morgan fingerprint density at radius 1 is 1.11 bits per heavy atom. The number of benzene rings is 2. The molecule has 0 atom stereocenters. The number of ketones is 1. The summed E-state index contributed by atoms with van der Waals surface area (Å²) < 4.78 is 26.9. The highest BCUT2D eigenvalue weighted by Gasteiger charge is 2.12. The molecular weight excluding hydrogens is 334 g/mol. The van der Waals surface area contributed by atoms with Gasteiger partial charge in [0.25, 0.3) is 0 Å². The Balaban J connectivity index is 2.05. The second-order valence-electron chi connectivity index (χ2n) is 3.79. The van der Waals surface area contributed by atoms with Crippen LogP contribution in [0.25, 0.3) is 0 Å². The SMILES string of the molecule is O=C(CSc1ccc(F)cc1)c1cc(Br)ccc1F. The number of carbonyl (C=O) groups is 1. The number of rotatable bonds is 4. The van der Waals surface area contributed by atoms with Gasteiger partial charge in [-0.2, -0.15) is 0 Å². The van der Waals surface area contributed by atoms with Crippen LogP contribution in [0.15, 0.2) is 51.8 Å². The van der Waals surface area contributed by atoms with Gasteiger partial charge in [0.15, 0.2) is 5.78 Å². The van der Waals surface area contributed by atoms with Crippen LogP contribution in [0.4, 0.5) is 8.78 Å². The highest BCUT2D eigenvalue weighted by Crippen LogP contribution is 2.22. The molecular formula is C14H9BrF2OS. The first-order valence-corrected chi connectivity index (χ1v) is 7.21. The molecule has 2 aromatic rings. The molecule has 0 aromatic heterocycles. The van der Waals surface area contributed by atoms with Gasteiger partial charge in [0.2, 0.25) is 0 Å². The Morgan fingerprint density at radius 2 is 1.79 bits per heavy atom. The van der Waals surface area contributed by atoms with Crippen LogP contribution in [0.3, 0.4) is 0 Å². The quantitative estimate of drug-likeness (QED) is 0.591. The van der Waals surface area contributed by atoms with Gasteiger partial charge in [-0.1, -0.05) is 15.9 Å². The fraction of sp³-hybridized carbons (Fsp3) is 0.0714. The maximum atomic E-state index is 13.5. The van der Waals surface area contributed by atoms with E-state index in [4.69, 9.17) is 0 Å². The summed E-state index contributed by atoms with van der Waals surface area (Å²) in [4.78, 5) is 12.7. The molecule has 0 heterocycles. The van der Waals surface area contributed by atoms with Gasteiger partial charge in [0, 0.05) is 9.37 Å². The molecule has 1 nitrogen and oxygen atoms in total. The number of Topliss-reactive ketones (excluding diaryl/α,β-unsaturated/α-hetero) is 1. The van der Waals surface area contributed by atoms with Gasteiger partial charge in [-0.15, -0.1) is 11.8 Å². The molecule has 0 fully saturated rings. The summed E-state index contributed by atoms with van der Waals surface area (Å²) >= 11 is 4.45. The van der Waals surface area contributed by atoms with Crippen LogP contribution in [-0.4, -0.2) is 11.5 Å². The van der Waals surface area contributed by atoms with Crippen molar-refractivity contribution in [2.24, 2.45) is 0 Å². The smallest absolute Gasteiger partial charge is 0.176 e. The summed E-state index contributed by atoms with van der Waals surface area (Å²) in [6, 6.07) is 10.1. The van der Waals surface area contributed by atoms with Gasteiger partial charge in [0.05, 0.1) is 11.3 Å². The van der Waals surface area contributed by atoms with E-state index in [1.165, 1.54) is 36.0 Å². The Morgan fingerprint density at radius 3 is 2.47 bits per heavy atom. The standard InChI is InChI=1S/C14H9BrF2OS/c15-9-1-6-13(17)12(7-9)14(18)8-19-11-4-2-10(16)3-5-11/h1-7H,8H2. The van der Waals surface area contributed by atoms with Gasteiger partial charge >= 0.3 is 0 Å². The highest BCUT2D eigenvalue weighted by molar-refractivity contribution is 9.10. The summed E-state index contributed by atoms with van der Waals surface area (Å²) in [5.41, 5.74) is 0.0592. The molecule has 5 heteroatoms. The monoisotopic (exact) mass is 342 g/mol. The van der Waals surface area contributed by atoms with E-state index in [1.54, 1.807) is 18.2 Å². The number of hydrogen-bond donors (Lipinski definition) is 0. The van der Waals surface area contributed by atoms with Gasteiger partial charge in [-0.25, -0.2) is 8.78 Å². The largest absolute Gasteiger partial charge is 0.293 e. The molecule has 0 aliphatic carbocycles. The predicted molar refractivity (Wildman–Crippen MR) is 75.6 cm³/mol. The summed E-state index contributed by atoms with van der Waals surface area (Å²) in [5.74, 6) is -1.05. The van der Waals surface area contributed by atoms with Crippen molar-refractivity contribution in [1.29, 1.82) is 0 Å². The van der Waals surface area contributed by atoms with Crippen molar-refractivity contribution >= 4 is 33.5 Å². The zero-order valence-electron chi connectivity index (χ0n) is 9.70. The van der Waals surface area contributed by atoms with E-state index >= 15 is 0 Å². The lowest BCUT2D eigenvalue weighted by Gasteiger charge is -2.04. The molecule has 2 rings (SSSR count). The second-order valence-corrected chi connectivity index (χ2v) is 5.75. The van der Waals surface area contributed by atoms with Crippen molar-refractivity contribution in [2.45, 2.75) is 4.90 Å². The zero-order valence-corrected chi connectivity index (χ0v) is 12.1. The van der Waals surface area contributed by atoms with Gasteiger partial charge < -0.3 is 0 Å². The van der Waals surface area contributed by atoms with Crippen molar-refractivity contribution < 1.29 is 13.6 Å². The third kappa shape index (κ3) is 3.88. The van der Waals surface area contributed by atoms with Crippen molar-refractivity contribution in [3.8, 4) is 0 Å². The fourth-order valence-electron chi connectivity index (χ4n) is 1.47. The molecule has 0 bridgehead atoms. The first kappa shape index (κ1) is 14.2.